The number of amides is 2. The first kappa shape index (κ1) is 19.1. The van der Waals surface area contributed by atoms with Gasteiger partial charge in [-0.15, -0.1) is 0 Å². The van der Waals surface area contributed by atoms with Gasteiger partial charge in [-0.25, -0.2) is 0 Å². The topological polar surface area (TPSA) is 96.9 Å². The molecule has 30 heavy (non-hydrogen) atoms. The van der Waals surface area contributed by atoms with E-state index in [-0.39, 0.29) is 31.1 Å². The summed E-state index contributed by atoms with van der Waals surface area (Å²) in [6.07, 6.45) is 0. The number of aliphatic hydroxyl groups is 1. The van der Waals surface area contributed by atoms with Crippen molar-refractivity contribution >= 4 is 11.8 Å². The maximum absolute atomic E-state index is 13.0. The second kappa shape index (κ2) is 7.11. The molecule has 3 aliphatic rings. The van der Waals surface area contributed by atoms with Gasteiger partial charge in [0.05, 0.1) is 30.8 Å². The number of carbonyl (C=O) groups is 2. The van der Waals surface area contributed by atoms with Crippen molar-refractivity contribution in [1.29, 1.82) is 0 Å². The molecule has 2 aromatic carbocycles. The Balaban J connectivity index is 1.57. The molecule has 1 saturated carbocycles. The first-order valence-electron chi connectivity index (χ1n) is 10.2. The highest BCUT2D eigenvalue weighted by Crippen LogP contribution is 2.47. The lowest BCUT2D eigenvalue weighted by atomic mass is 9.76. The summed E-state index contributed by atoms with van der Waals surface area (Å²) < 4.78 is 11.3. The zero-order chi connectivity index (χ0) is 20.9. The summed E-state index contributed by atoms with van der Waals surface area (Å²) in [6, 6.07) is 13.0. The summed E-state index contributed by atoms with van der Waals surface area (Å²) in [4.78, 5) is 25.6. The van der Waals surface area contributed by atoms with Crippen LogP contribution in [0.4, 0.5) is 0 Å². The molecule has 0 radical (unpaired) electrons. The van der Waals surface area contributed by atoms with Gasteiger partial charge in [-0.2, -0.15) is 0 Å². The van der Waals surface area contributed by atoms with Crippen molar-refractivity contribution in [2.45, 2.75) is 11.5 Å². The van der Waals surface area contributed by atoms with E-state index >= 15 is 0 Å². The summed E-state index contributed by atoms with van der Waals surface area (Å²) in [6.45, 7) is 1.35. The number of aliphatic hydroxyl groups excluding tert-OH is 1. The van der Waals surface area contributed by atoms with Gasteiger partial charge in [0.15, 0.2) is 0 Å². The van der Waals surface area contributed by atoms with Crippen LogP contribution in [0.2, 0.25) is 0 Å². The summed E-state index contributed by atoms with van der Waals surface area (Å²) in [5.41, 5.74) is 1.38. The van der Waals surface area contributed by atoms with Gasteiger partial charge in [-0.3, -0.25) is 9.59 Å². The molecule has 2 heterocycles. The molecule has 5 rings (SSSR count). The number of ether oxygens (including phenoxy) is 2. The van der Waals surface area contributed by atoms with Gasteiger partial charge in [-0.05, 0) is 17.7 Å². The third kappa shape index (κ3) is 2.80. The molecule has 7 heteroatoms. The summed E-state index contributed by atoms with van der Waals surface area (Å²) in [7, 11) is 1.54. The van der Waals surface area contributed by atoms with Crippen LogP contribution in [0.15, 0.2) is 42.5 Å². The van der Waals surface area contributed by atoms with Crippen molar-refractivity contribution in [2.75, 3.05) is 33.5 Å². The predicted molar refractivity (Wildman–Crippen MR) is 109 cm³/mol. The van der Waals surface area contributed by atoms with E-state index in [2.05, 4.69) is 10.6 Å². The molecule has 2 aliphatic heterocycles. The van der Waals surface area contributed by atoms with Crippen molar-refractivity contribution in [1.82, 2.24) is 10.6 Å². The number of hydrogen-bond acceptors (Lipinski definition) is 5. The van der Waals surface area contributed by atoms with Crippen LogP contribution in [-0.2, 0) is 10.2 Å². The predicted octanol–water partition coefficient (Wildman–Crippen LogP) is 1.09. The first-order valence-corrected chi connectivity index (χ1v) is 10.2. The van der Waals surface area contributed by atoms with Crippen LogP contribution < -0.4 is 15.4 Å². The van der Waals surface area contributed by atoms with Crippen molar-refractivity contribution in [2.24, 2.45) is 11.8 Å². The largest absolute Gasteiger partial charge is 0.491 e. The Bertz CT molecular complexity index is 998. The molecule has 0 bridgehead atoms. The van der Waals surface area contributed by atoms with Gasteiger partial charge >= 0.3 is 0 Å². The van der Waals surface area contributed by atoms with Gasteiger partial charge in [0.25, 0.3) is 11.8 Å². The third-order valence-electron chi connectivity index (χ3n) is 6.65. The molecule has 156 valence electrons. The van der Waals surface area contributed by atoms with Gasteiger partial charge in [-0.1, -0.05) is 30.3 Å². The van der Waals surface area contributed by atoms with Crippen LogP contribution >= 0.6 is 0 Å². The normalized spacial score (nSPS) is 28.3. The fourth-order valence-corrected chi connectivity index (χ4v) is 4.75. The quantitative estimate of drug-likeness (QED) is 0.688. The average Bonchev–Trinajstić information content (AvgIpc) is 3.14. The number of fused-ring (bicyclic) bond motifs is 2. The van der Waals surface area contributed by atoms with Crippen LogP contribution in [0.1, 0.15) is 31.8 Å². The lowest BCUT2D eigenvalue weighted by Crippen LogP contribution is -2.34. The minimum absolute atomic E-state index is 0.121. The first-order chi connectivity index (χ1) is 14.6. The fraction of sp³-hybridized carbons (Fsp3) is 0.391. The van der Waals surface area contributed by atoms with E-state index in [0.717, 1.165) is 5.56 Å². The molecule has 4 atom stereocenters. The number of hydrogen-bond donors (Lipinski definition) is 3. The zero-order valence-electron chi connectivity index (χ0n) is 16.7. The standard InChI is InChI=1S/C23H24N2O5/c1-24-22(28)15-7-13(21(27)25-19-16-9-29-10-17(16)19)8-18-20(15)30-12-23(18,11-26)14-5-3-2-4-6-14/h2-8,16-17,19,26H,9-12H2,1H3,(H,24,28)(H,25,27)/t16-,17+,19+,23-/m1/s1. The number of rotatable bonds is 5. The van der Waals surface area contributed by atoms with E-state index in [1.165, 1.54) is 7.05 Å². The summed E-state index contributed by atoms with van der Waals surface area (Å²) in [5.74, 6) is 0.617. The second-order valence-corrected chi connectivity index (χ2v) is 8.24. The molecule has 1 aliphatic carbocycles. The summed E-state index contributed by atoms with van der Waals surface area (Å²) >= 11 is 0. The highest BCUT2D eigenvalue weighted by Gasteiger charge is 2.55. The van der Waals surface area contributed by atoms with E-state index in [1.807, 2.05) is 30.3 Å². The minimum Gasteiger partial charge on any atom is -0.491 e. The number of benzene rings is 2. The van der Waals surface area contributed by atoms with E-state index in [4.69, 9.17) is 9.47 Å². The number of carbonyl (C=O) groups excluding carboxylic acids is 2. The molecule has 0 unspecified atom stereocenters. The van der Waals surface area contributed by atoms with Gasteiger partial charge < -0.3 is 25.2 Å². The Morgan fingerprint density at radius 3 is 2.53 bits per heavy atom. The van der Waals surface area contributed by atoms with Crippen LogP contribution in [-0.4, -0.2) is 56.4 Å². The fourth-order valence-electron chi connectivity index (χ4n) is 4.75. The minimum atomic E-state index is -0.834. The van der Waals surface area contributed by atoms with E-state index < -0.39 is 5.41 Å². The smallest absolute Gasteiger partial charge is 0.254 e. The Morgan fingerprint density at radius 2 is 1.87 bits per heavy atom. The van der Waals surface area contributed by atoms with E-state index in [1.54, 1.807) is 12.1 Å². The van der Waals surface area contributed by atoms with E-state index in [0.29, 0.717) is 47.5 Å². The van der Waals surface area contributed by atoms with Crippen molar-refractivity contribution in [3.05, 3.63) is 64.7 Å². The van der Waals surface area contributed by atoms with Gasteiger partial charge in [0, 0.05) is 36.1 Å². The molecule has 2 fully saturated rings. The maximum atomic E-state index is 13.0. The Labute approximate surface area is 174 Å². The second-order valence-electron chi connectivity index (χ2n) is 8.24. The molecular weight excluding hydrogens is 384 g/mol. The SMILES string of the molecule is CNC(=O)c1cc(C(=O)N[C@H]2[C@@H]3COC[C@@H]32)cc2c1OC[C@]2(CO)c1ccccc1. The van der Waals surface area contributed by atoms with Crippen molar-refractivity contribution in [3.8, 4) is 5.75 Å². The highest BCUT2D eigenvalue weighted by atomic mass is 16.5. The Kier molecular flexibility index (Phi) is 4.52. The zero-order valence-corrected chi connectivity index (χ0v) is 16.7. The molecule has 2 amide bonds. The third-order valence-corrected chi connectivity index (χ3v) is 6.65. The van der Waals surface area contributed by atoms with Crippen molar-refractivity contribution < 1.29 is 24.2 Å². The average molecular weight is 408 g/mol. The molecular formula is C23H24N2O5. The van der Waals surface area contributed by atoms with Crippen LogP contribution in [0.5, 0.6) is 5.75 Å². The molecule has 3 N–H and O–H groups in total. The summed E-state index contributed by atoms with van der Waals surface area (Å²) in [5, 5.41) is 16.1. The van der Waals surface area contributed by atoms with Crippen LogP contribution in [0, 0.1) is 11.8 Å². The monoisotopic (exact) mass is 408 g/mol. The molecule has 1 saturated heterocycles. The number of nitrogens with one attached hydrogen (secondary N) is 2. The Hall–Kier alpha value is -2.90. The molecule has 0 spiro atoms. The molecule has 2 aromatic rings. The van der Waals surface area contributed by atoms with Gasteiger partial charge in [0.1, 0.15) is 12.4 Å². The molecule has 7 nitrogen and oxygen atoms in total. The lowest BCUT2D eigenvalue weighted by molar-refractivity contribution is 0.0928. The lowest BCUT2D eigenvalue weighted by Gasteiger charge is -2.26. The van der Waals surface area contributed by atoms with Crippen LogP contribution in [0.3, 0.4) is 0 Å². The van der Waals surface area contributed by atoms with E-state index in [9.17, 15) is 14.7 Å². The molecule has 0 aromatic heterocycles. The maximum Gasteiger partial charge on any atom is 0.254 e. The van der Waals surface area contributed by atoms with Crippen LogP contribution in [0.25, 0.3) is 0 Å². The Morgan fingerprint density at radius 1 is 1.13 bits per heavy atom. The van der Waals surface area contributed by atoms with Gasteiger partial charge in [0.2, 0.25) is 0 Å². The highest BCUT2D eigenvalue weighted by molar-refractivity contribution is 6.02. The van der Waals surface area contributed by atoms with Crippen molar-refractivity contribution in [3.63, 3.8) is 0 Å².